The number of carbonyl (C=O) groups is 1. The molecule has 0 atom stereocenters. The van der Waals surface area contributed by atoms with Gasteiger partial charge in [-0.3, -0.25) is 4.79 Å². The van der Waals surface area contributed by atoms with Crippen LogP contribution in [-0.4, -0.2) is 17.6 Å². The van der Waals surface area contributed by atoms with Crippen LogP contribution in [0.3, 0.4) is 0 Å². The number of hydrogen-bond acceptors (Lipinski definition) is 2. The van der Waals surface area contributed by atoms with E-state index in [9.17, 15) is 4.79 Å². The first kappa shape index (κ1) is 14.7. The maximum absolute atomic E-state index is 10.3. The van der Waals surface area contributed by atoms with Crippen LogP contribution in [0.4, 0.5) is 0 Å². The molecule has 2 N–H and O–H groups in total. The summed E-state index contributed by atoms with van der Waals surface area (Å²) in [5.74, 6) is -0.743. The van der Waals surface area contributed by atoms with E-state index in [1.165, 1.54) is 11.1 Å². The van der Waals surface area contributed by atoms with Gasteiger partial charge in [0.15, 0.2) is 0 Å². The normalized spacial score (nSPS) is 10.5. The summed E-state index contributed by atoms with van der Waals surface area (Å²) >= 11 is 7.01. The highest BCUT2D eigenvalue weighted by molar-refractivity contribution is 9.11. The van der Waals surface area contributed by atoms with Crippen molar-refractivity contribution < 1.29 is 9.90 Å². The third-order valence-corrected chi connectivity index (χ3v) is 4.06. The lowest BCUT2D eigenvalue weighted by molar-refractivity contribution is -0.137. The summed E-state index contributed by atoms with van der Waals surface area (Å²) in [5.41, 5.74) is 2.35. The molecular weight excluding hydrogens is 350 g/mol. The van der Waals surface area contributed by atoms with E-state index in [0.717, 1.165) is 22.0 Å². The molecule has 0 spiro atoms. The van der Waals surface area contributed by atoms with Gasteiger partial charge in [0.25, 0.3) is 0 Å². The molecule has 5 heteroatoms. The predicted octanol–water partition coefficient (Wildman–Crippen LogP) is 3.47. The molecule has 0 heterocycles. The second-order valence-electron chi connectivity index (χ2n) is 3.86. The molecule has 3 nitrogen and oxygen atoms in total. The van der Waals surface area contributed by atoms with E-state index in [-0.39, 0.29) is 6.42 Å². The molecule has 0 aliphatic heterocycles. The average Bonchev–Trinajstić information content (AvgIpc) is 2.25. The minimum atomic E-state index is -0.743. The van der Waals surface area contributed by atoms with Gasteiger partial charge in [-0.1, -0.05) is 31.9 Å². The molecule has 94 valence electrons. The van der Waals surface area contributed by atoms with Gasteiger partial charge < -0.3 is 10.4 Å². The molecule has 0 saturated carbocycles. The molecule has 0 aliphatic carbocycles. The number of rotatable bonds is 6. The van der Waals surface area contributed by atoms with E-state index in [2.05, 4.69) is 49.3 Å². The fourth-order valence-electron chi connectivity index (χ4n) is 1.40. The van der Waals surface area contributed by atoms with E-state index in [4.69, 9.17) is 5.11 Å². The first-order valence-corrected chi connectivity index (χ1v) is 6.96. The molecule has 0 bridgehead atoms. The number of hydrogen-bond donors (Lipinski definition) is 2. The monoisotopic (exact) mass is 363 g/mol. The van der Waals surface area contributed by atoms with Crippen LogP contribution in [-0.2, 0) is 11.3 Å². The van der Waals surface area contributed by atoms with Crippen LogP contribution in [0.1, 0.15) is 24.0 Å². The number of nitrogens with one attached hydrogen (secondary N) is 1. The summed E-state index contributed by atoms with van der Waals surface area (Å²) < 4.78 is 2.16. The van der Waals surface area contributed by atoms with Crippen molar-refractivity contribution in [3.8, 4) is 0 Å². The van der Waals surface area contributed by atoms with Crippen molar-refractivity contribution in [1.82, 2.24) is 5.32 Å². The fraction of sp³-hybridized carbons (Fsp3) is 0.417. The zero-order valence-corrected chi connectivity index (χ0v) is 12.8. The van der Waals surface area contributed by atoms with Crippen molar-refractivity contribution in [2.45, 2.75) is 26.3 Å². The first-order chi connectivity index (χ1) is 8.00. The molecule has 0 radical (unpaired) electrons. The molecule has 1 rings (SSSR count). The van der Waals surface area contributed by atoms with Gasteiger partial charge in [0.05, 0.1) is 0 Å². The van der Waals surface area contributed by atoms with Gasteiger partial charge in [-0.25, -0.2) is 0 Å². The lowest BCUT2D eigenvalue weighted by Gasteiger charge is -2.08. The van der Waals surface area contributed by atoms with Crippen molar-refractivity contribution in [2.75, 3.05) is 6.54 Å². The first-order valence-electron chi connectivity index (χ1n) is 5.37. The molecule has 0 aliphatic rings. The number of aliphatic carboxylic acids is 1. The van der Waals surface area contributed by atoms with Crippen LogP contribution in [0.2, 0.25) is 0 Å². The predicted molar refractivity (Wildman–Crippen MR) is 75.2 cm³/mol. The van der Waals surface area contributed by atoms with Crippen molar-refractivity contribution in [2.24, 2.45) is 0 Å². The van der Waals surface area contributed by atoms with Gasteiger partial charge in [0.2, 0.25) is 0 Å². The summed E-state index contributed by atoms with van der Waals surface area (Å²) in [6.07, 6.45) is 0.873. The van der Waals surface area contributed by atoms with Gasteiger partial charge in [-0.05, 0) is 43.1 Å². The van der Waals surface area contributed by atoms with Crippen molar-refractivity contribution in [3.05, 3.63) is 32.2 Å². The van der Waals surface area contributed by atoms with Crippen LogP contribution < -0.4 is 5.32 Å². The smallest absolute Gasteiger partial charge is 0.303 e. The minimum Gasteiger partial charge on any atom is -0.481 e. The van der Waals surface area contributed by atoms with E-state index in [0.29, 0.717) is 6.42 Å². The van der Waals surface area contributed by atoms with Crippen molar-refractivity contribution in [1.29, 1.82) is 0 Å². The standard InChI is InChI=1S/C12H15Br2NO2/c1-8-10(13)5-9(6-11(8)14)7-15-4-2-3-12(16)17/h5-6,15H,2-4,7H2,1H3,(H,16,17). The number of halogens is 2. The topological polar surface area (TPSA) is 49.3 Å². The quantitative estimate of drug-likeness (QED) is 0.760. The molecule has 0 amide bonds. The van der Waals surface area contributed by atoms with Gasteiger partial charge in [0, 0.05) is 21.9 Å². The average molecular weight is 365 g/mol. The van der Waals surface area contributed by atoms with E-state index in [1.807, 2.05) is 6.92 Å². The third kappa shape index (κ3) is 5.19. The van der Waals surface area contributed by atoms with E-state index in [1.54, 1.807) is 0 Å². The SMILES string of the molecule is Cc1c(Br)cc(CNCCCC(=O)O)cc1Br. The van der Waals surface area contributed by atoms with Crippen LogP contribution in [0.5, 0.6) is 0 Å². The van der Waals surface area contributed by atoms with Crippen molar-refractivity contribution in [3.63, 3.8) is 0 Å². The highest BCUT2D eigenvalue weighted by Crippen LogP contribution is 2.26. The number of benzene rings is 1. The Hall–Kier alpha value is -0.390. The molecule has 0 aromatic heterocycles. The van der Waals surface area contributed by atoms with Crippen LogP contribution >= 0.6 is 31.9 Å². The van der Waals surface area contributed by atoms with Gasteiger partial charge in [-0.15, -0.1) is 0 Å². The molecule has 1 aromatic carbocycles. The van der Waals surface area contributed by atoms with E-state index >= 15 is 0 Å². The van der Waals surface area contributed by atoms with Gasteiger partial charge >= 0.3 is 5.97 Å². The van der Waals surface area contributed by atoms with Crippen LogP contribution in [0.15, 0.2) is 21.1 Å². The molecular formula is C12H15Br2NO2. The lowest BCUT2D eigenvalue weighted by atomic mass is 10.1. The molecule has 0 fully saturated rings. The molecule has 0 unspecified atom stereocenters. The maximum atomic E-state index is 10.3. The Morgan fingerprint density at radius 3 is 2.47 bits per heavy atom. The third-order valence-electron chi connectivity index (χ3n) is 2.41. The Kier molecular flexibility index (Phi) is 6.16. The highest BCUT2D eigenvalue weighted by Gasteiger charge is 2.03. The Morgan fingerprint density at radius 2 is 1.94 bits per heavy atom. The number of carboxylic acids is 1. The summed E-state index contributed by atoms with van der Waals surface area (Å²) in [5, 5.41) is 11.7. The Labute approximate surface area is 118 Å². The Morgan fingerprint density at radius 1 is 1.35 bits per heavy atom. The lowest BCUT2D eigenvalue weighted by Crippen LogP contribution is -2.15. The molecule has 0 saturated heterocycles. The Bertz CT molecular complexity index is 384. The van der Waals surface area contributed by atoms with E-state index < -0.39 is 5.97 Å². The van der Waals surface area contributed by atoms with Gasteiger partial charge in [0.1, 0.15) is 0 Å². The van der Waals surface area contributed by atoms with Crippen LogP contribution in [0.25, 0.3) is 0 Å². The summed E-state index contributed by atoms with van der Waals surface area (Å²) in [4.78, 5) is 10.3. The zero-order chi connectivity index (χ0) is 12.8. The zero-order valence-electron chi connectivity index (χ0n) is 9.59. The van der Waals surface area contributed by atoms with Crippen LogP contribution in [0, 0.1) is 6.92 Å². The number of carboxylic acid groups (broad SMARTS) is 1. The second kappa shape index (κ2) is 7.13. The summed E-state index contributed by atoms with van der Waals surface area (Å²) in [6, 6.07) is 4.15. The fourth-order valence-corrected chi connectivity index (χ4v) is 2.68. The Balaban J connectivity index is 2.39. The summed E-state index contributed by atoms with van der Waals surface area (Å²) in [6.45, 7) is 3.50. The van der Waals surface area contributed by atoms with Crippen molar-refractivity contribution >= 4 is 37.8 Å². The molecule has 17 heavy (non-hydrogen) atoms. The summed E-state index contributed by atoms with van der Waals surface area (Å²) in [7, 11) is 0. The maximum Gasteiger partial charge on any atom is 0.303 e. The molecule has 1 aromatic rings. The highest BCUT2D eigenvalue weighted by atomic mass is 79.9. The largest absolute Gasteiger partial charge is 0.481 e. The minimum absolute atomic E-state index is 0.217. The van der Waals surface area contributed by atoms with Gasteiger partial charge in [-0.2, -0.15) is 0 Å². The second-order valence-corrected chi connectivity index (χ2v) is 5.57.